The number of anilines is 2. The van der Waals surface area contributed by atoms with Crippen molar-refractivity contribution in [1.29, 1.82) is 0 Å². The molecule has 0 radical (unpaired) electrons. The topological polar surface area (TPSA) is 117 Å². The fourth-order valence-electron chi connectivity index (χ4n) is 4.51. The van der Waals surface area contributed by atoms with Gasteiger partial charge in [-0.1, -0.05) is 12.1 Å². The van der Waals surface area contributed by atoms with E-state index in [1.165, 1.54) is 25.4 Å². The zero-order chi connectivity index (χ0) is 28.2. The van der Waals surface area contributed by atoms with Gasteiger partial charge in [0.25, 0.3) is 5.91 Å². The van der Waals surface area contributed by atoms with Crippen LogP contribution in [0.2, 0.25) is 0 Å². The Bertz CT molecular complexity index is 1610. The summed E-state index contributed by atoms with van der Waals surface area (Å²) in [6.07, 6.45) is 1.52. The molecule has 2 aromatic carbocycles. The normalized spacial score (nSPS) is 13.7. The summed E-state index contributed by atoms with van der Waals surface area (Å²) in [6.45, 7) is 3.84. The number of aryl methyl sites for hydroxylation is 1. The van der Waals surface area contributed by atoms with Gasteiger partial charge in [0.2, 0.25) is 0 Å². The van der Waals surface area contributed by atoms with Crippen molar-refractivity contribution in [1.82, 2.24) is 14.8 Å². The molecule has 4 aromatic rings. The number of amides is 3. The van der Waals surface area contributed by atoms with Gasteiger partial charge in [0.1, 0.15) is 16.9 Å². The predicted octanol–water partition coefficient (Wildman–Crippen LogP) is 4.25. The molecule has 0 unspecified atom stereocenters. The van der Waals surface area contributed by atoms with Crippen LogP contribution in [-0.4, -0.2) is 60.0 Å². The zero-order valence-electron chi connectivity index (χ0n) is 22.1. The van der Waals surface area contributed by atoms with E-state index >= 15 is 4.39 Å². The molecule has 10 nitrogen and oxygen atoms in total. The summed E-state index contributed by atoms with van der Waals surface area (Å²) in [5.41, 5.74) is 1.39. The maximum atomic E-state index is 15.2. The lowest BCUT2D eigenvalue weighted by Gasteiger charge is -2.34. The Morgan fingerprint density at radius 2 is 1.85 bits per heavy atom. The lowest BCUT2D eigenvalue weighted by atomic mass is 10.1. The number of carbonyl (C=O) groups is 2. The highest BCUT2D eigenvalue weighted by Crippen LogP contribution is 2.23. The van der Waals surface area contributed by atoms with Gasteiger partial charge in [0.15, 0.2) is 5.82 Å². The van der Waals surface area contributed by atoms with Gasteiger partial charge in [-0.15, -0.1) is 0 Å². The monoisotopic (exact) mass is 545 g/mol. The molecule has 1 saturated heterocycles. The Balaban J connectivity index is 1.19. The highest BCUT2D eigenvalue weighted by molar-refractivity contribution is 5.99. The van der Waals surface area contributed by atoms with Gasteiger partial charge in [-0.3, -0.25) is 14.7 Å². The van der Waals surface area contributed by atoms with E-state index in [0.29, 0.717) is 60.7 Å². The zero-order valence-corrected chi connectivity index (χ0v) is 22.1. The summed E-state index contributed by atoms with van der Waals surface area (Å²) in [5.74, 6) is -0.381. The Morgan fingerprint density at radius 3 is 2.58 bits per heavy atom. The minimum absolute atomic E-state index is 0.0318. The fraction of sp³-hybridized carbons (Fsp3) is 0.241. The van der Waals surface area contributed by atoms with E-state index in [1.807, 2.05) is 11.8 Å². The third kappa shape index (κ3) is 5.94. The number of urea groups is 1. The predicted molar refractivity (Wildman–Crippen MR) is 148 cm³/mol. The van der Waals surface area contributed by atoms with E-state index in [1.54, 1.807) is 47.4 Å². The Morgan fingerprint density at radius 1 is 1.05 bits per heavy atom. The number of methoxy groups -OCH3 is 1. The molecule has 1 aliphatic rings. The van der Waals surface area contributed by atoms with Crippen molar-refractivity contribution >= 4 is 34.3 Å². The number of halogens is 1. The van der Waals surface area contributed by atoms with E-state index in [0.717, 1.165) is 5.69 Å². The molecule has 206 valence electrons. The average molecular weight is 546 g/mol. The summed E-state index contributed by atoms with van der Waals surface area (Å²) < 4.78 is 25.7. The minimum atomic E-state index is -0.706. The number of benzene rings is 2. The van der Waals surface area contributed by atoms with E-state index in [4.69, 9.17) is 9.15 Å². The van der Waals surface area contributed by atoms with Crippen molar-refractivity contribution in [2.24, 2.45) is 0 Å². The molecule has 2 aromatic heterocycles. The average Bonchev–Trinajstić information content (AvgIpc) is 2.95. The molecule has 40 heavy (non-hydrogen) atoms. The highest BCUT2D eigenvalue weighted by Gasteiger charge is 2.26. The standard InChI is InChI=1S/C29H28FN5O5/c1-18-6-8-21(16-31-18)32-29(38)33-24-5-3-4-20(26(24)30)17-34-10-12-35(13-11-34)27(36)23-14-19-7-9-22(39-2)15-25(19)40-28(23)37/h3-9,14-16H,10-13,17H2,1-2H3,(H2,32,33,38). The number of ether oxygens (including phenoxy) is 1. The first kappa shape index (κ1) is 26.8. The number of hydrogen-bond acceptors (Lipinski definition) is 7. The van der Waals surface area contributed by atoms with Crippen LogP contribution in [0.4, 0.5) is 20.6 Å². The van der Waals surface area contributed by atoms with Crippen molar-refractivity contribution in [3.8, 4) is 5.75 Å². The van der Waals surface area contributed by atoms with Crippen LogP contribution in [0.1, 0.15) is 21.6 Å². The molecule has 0 spiro atoms. The first-order valence-corrected chi connectivity index (χ1v) is 12.7. The molecule has 3 heterocycles. The van der Waals surface area contributed by atoms with Gasteiger partial charge >= 0.3 is 11.7 Å². The molecule has 1 fully saturated rings. The highest BCUT2D eigenvalue weighted by atomic mass is 19.1. The van der Waals surface area contributed by atoms with Crippen LogP contribution < -0.4 is 21.0 Å². The largest absolute Gasteiger partial charge is 0.497 e. The first-order chi connectivity index (χ1) is 19.3. The minimum Gasteiger partial charge on any atom is -0.497 e. The van der Waals surface area contributed by atoms with E-state index in [2.05, 4.69) is 15.6 Å². The Kier molecular flexibility index (Phi) is 7.74. The number of pyridine rings is 1. The third-order valence-corrected chi connectivity index (χ3v) is 6.72. The van der Waals surface area contributed by atoms with Crippen molar-refractivity contribution in [3.05, 3.63) is 93.9 Å². The van der Waals surface area contributed by atoms with Crippen molar-refractivity contribution < 1.29 is 23.1 Å². The van der Waals surface area contributed by atoms with Crippen LogP contribution in [0.25, 0.3) is 11.0 Å². The number of carbonyl (C=O) groups excluding carboxylic acids is 2. The second-order valence-electron chi connectivity index (χ2n) is 9.47. The van der Waals surface area contributed by atoms with E-state index < -0.39 is 23.4 Å². The molecular formula is C29H28FN5O5. The van der Waals surface area contributed by atoms with Crippen molar-refractivity contribution in [2.45, 2.75) is 13.5 Å². The lowest BCUT2D eigenvalue weighted by molar-refractivity contribution is 0.0623. The lowest BCUT2D eigenvalue weighted by Crippen LogP contribution is -2.49. The van der Waals surface area contributed by atoms with Gasteiger partial charge in [-0.25, -0.2) is 14.0 Å². The smallest absolute Gasteiger partial charge is 0.349 e. The molecule has 5 rings (SSSR count). The van der Waals surface area contributed by atoms with Crippen LogP contribution in [0.3, 0.4) is 0 Å². The Hall–Kier alpha value is -4.77. The summed E-state index contributed by atoms with van der Waals surface area (Å²) in [6, 6.07) is 14.3. The SMILES string of the molecule is COc1ccc2cc(C(=O)N3CCN(Cc4cccc(NC(=O)Nc5ccc(C)nc5)c4F)CC3)c(=O)oc2c1. The van der Waals surface area contributed by atoms with Gasteiger partial charge in [0, 0.05) is 55.4 Å². The van der Waals surface area contributed by atoms with E-state index in [-0.39, 0.29) is 11.3 Å². The number of piperazine rings is 1. The van der Waals surface area contributed by atoms with Crippen LogP contribution in [-0.2, 0) is 6.54 Å². The third-order valence-electron chi connectivity index (χ3n) is 6.72. The molecule has 3 amide bonds. The van der Waals surface area contributed by atoms with Crippen LogP contribution in [0.5, 0.6) is 5.75 Å². The molecule has 0 aliphatic carbocycles. The first-order valence-electron chi connectivity index (χ1n) is 12.7. The van der Waals surface area contributed by atoms with Crippen LogP contribution in [0, 0.1) is 12.7 Å². The summed E-state index contributed by atoms with van der Waals surface area (Å²) in [7, 11) is 1.52. The van der Waals surface area contributed by atoms with Crippen molar-refractivity contribution in [2.75, 3.05) is 43.9 Å². The molecule has 0 atom stereocenters. The molecule has 2 N–H and O–H groups in total. The summed E-state index contributed by atoms with van der Waals surface area (Å²) in [5, 5.41) is 5.80. The molecule has 11 heteroatoms. The molecule has 1 aliphatic heterocycles. The summed E-state index contributed by atoms with van der Waals surface area (Å²) >= 11 is 0. The molecule has 0 bridgehead atoms. The number of nitrogens with zero attached hydrogens (tertiary/aromatic N) is 3. The quantitative estimate of drug-likeness (QED) is 0.348. The summed E-state index contributed by atoms with van der Waals surface area (Å²) in [4.78, 5) is 45.7. The fourth-order valence-corrected chi connectivity index (χ4v) is 4.51. The number of nitrogens with one attached hydrogen (secondary N) is 2. The number of hydrogen-bond donors (Lipinski definition) is 2. The van der Waals surface area contributed by atoms with Gasteiger partial charge in [-0.2, -0.15) is 0 Å². The van der Waals surface area contributed by atoms with Gasteiger partial charge in [-0.05, 0) is 43.3 Å². The van der Waals surface area contributed by atoms with Crippen molar-refractivity contribution in [3.63, 3.8) is 0 Å². The maximum Gasteiger partial charge on any atom is 0.349 e. The van der Waals surface area contributed by atoms with Crippen LogP contribution >= 0.6 is 0 Å². The Labute approximate surface area is 229 Å². The number of rotatable bonds is 6. The second-order valence-corrected chi connectivity index (χ2v) is 9.47. The molecular weight excluding hydrogens is 517 g/mol. The van der Waals surface area contributed by atoms with E-state index in [9.17, 15) is 14.4 Å². The number of fused-ring (bicyclic) bond motifs is 1. The number of aromatic nitrogens is 1. The molecule has 0 saturated carbocycles. The maximum absolute atomic E-state index is 15.2. The second kappa shape index (κ2) is 11.5. The van der Waals surface area contributed by atoms with Gasteiger partial charge < -0.3 is 24.7 Å². The van der Waals surface area contributed by atoms with Gasteiger partial charge in [0.05, 0.1) is 24.7 Å². The van der Waals surface area contributed by atoms with Crippen LogP contribution in [0.15, 0.2) is 70.0 Å².